The third-order valence-corrected chi connectivity index (χ3v) is 5.76. The van der Waals surface area contributed by atoms with Crippen LogP contribution in [0, 0.1) is 13.8 Å². The number of carbonyl (C=O) groups is 1. The van der Waals surface area contributed by atoms with Gasteiger partial charge in [0, 0.05) is 29.6 Å². The van der Waals surface area contributed by atoms with E-state index >= 15 is 0 Å². The summed E-state index contributed by atoms with van der Waals surface area (Å²) in [7, 11) is 1.68. The summed E-state index contributed by atoms with van der Waals surface area (Å²) >= 11 is 0. The van der Waals surface area contributed by atoms with Crippen molar-refractivity contribution in [1.29, 1.82) is 0 Å². The van der Waals surface area contributed by atoms with E-state index < -0.39 is 5.60 Å². The highest BCUT2D eigenvalue weighted by Crippen LogP contribution is 2.34. The maximum Gasteiger partial charge on any atom is 0.410 e. The van der Waals surface area contributed by atoms with Gasteiger partial charge in [0.05, 0.1) is 32.1 Å². The van der Waals surface area contributed by atoms with Crippen LogP contribution < -0.4 is 4.74 Å². The van der Waals surface area contributed by atoms with Crippen LogP contribution in [0.5, 0.6) is 5.75 Å². The molecule has 1 atom stereocenters. The van der Waals surface area contributed by atoms with E-state index in [0.29, 0.717) is 31.8 Å². The second-order valence-electron chi connectivity index (χ2n) is 9.83. The van der Waals surface area contributed by atoms with Crippen LogP contribution in [0.15, 0.2) is 36.4 Å². The summed E-state index contributed by atoms with van der Waals surface area (Å²) in [4.78, 5) is 23.9. The van der Waals surface area contributed by atoms with E-state index in [0.717, 1.165) is 39.2 Å². The Balaban J connectivity index is 1.56. The molecule has 2 aromatic heterocycles. The number of fused-ring (bicyclic) bond motifs is 1. The molecule has 0 saturated carbocycles. The molecule has 1 fully saturated rings. The normalized spacial score (nSPS) is 16.5. The molecule has 7 nitrogen and oxygen atoms in total. The fourth-order valence-electron chi connectivity index (χ4n) is 4.28. The molecule has 1 aromatic carbocycles. The Labute approximate surface area is 201 Å². The number of methoxy groups -OCH3 is 1. The van der Waals surface area contributed by atoms with Gasteiger partial charge >= 0.3 is 6.09 Å². The van der Waals surface area contributed by atoms with Crippen LogP contribution in [0.25, 0.3) is 22.3 Å². The van der Waals surface area contributed by atoms with Crippen LogP contribution in [-0.4, -0.2) is 59.5 Å². The lowest BCUT2D eigenvalue weighted by atomic mass is 10.0. The van der Waals surface area contributed by atoms with Crippen LogP contribution >= 0.6 is 0 Å². The highest BCUT2D eigenvalue weighted by Gasteiger charge is 2.28. The molecule has 1 aliphatic rings. The third kappa shape index (κ3) is 5.47. The molecule has 0 aliphatic carbocycles. The van der Waals surface area contributed by atoms with E-state index in [1.165, 1.54) is 0 Å². The third-order valence-electron chi connectivity index (χ3n) is 5.76. The largest absolute Gasteiger partial charge is 0.496 e. The standard InChI is InChI=1S/C27H33N3O4/c1-17-13-18(2)24(23(14-17)32-6)22-10-8-19-7-9-20(28-25(19)29-22)15-21-16-30(11-12-33-21)26(31)34-27(3,4)5/h7-10,13-14,21H,11-12,15-16H2,1-6H3. The molecular formula is C27H33N3O4. The number of benzene rings is 1. The van der Waals surface area contributed by atoms with Gasteiger partial charge in [-0.25, -0.2) is 14.8 Å². The predicted molar refractivity (Wildman–Crippen MR) is 132 cm³/mol. The molecular weight excluding hydrogens is 430 g/mol. The maximum atomic E-state index is 12.5. The summed E-state index contributed by atoms with van der Waals surface area (Å²) < 4.78 is 17.1. The van der Waals surface area contributed by atoms with Gasteiger partial charge in [0.1, 0.15) is 11.4 Å². The molecule has 0 bridgehead atoms. The molecule has 7 heteroatoms. The molecule has 34 heavy (non-hydrogen) atoms. The van der Waals surface area contributed by atoms with E-state index in [1.54, 1.807) is 12.0 Å². The first kappa shape index (κ1) is 24.0. The number of aryl methyl sites for hydroxylation is 2. The van der Waals surface area contributed by atoms with Crippen molar-refractivity contribution in [2.75, 3.05) is 26.8 Å². The molecule has 4 rings (SSSR count). The average molecular weight is 464 g/mol. The van der Waals surface area contributed by atoms with Crippen molar-refractivity contribution in [1.82, 2.24) is 14.9 Å². The molecule has 1 unspecified atom stereocenters. The van der Waals surface area contributed by atoms with Gasteiger partial charge in [-0.3, -0.25) is 0 Å². The fourth-order valence-corrected chi connectivity index (χ4v) is 4.28. The van der Waals surface area contributed by atoms with Gasteiger partial charge in [0.15, 0.2) is 5.65 Å². The Morgan fingerprint density at radius 3 is 2.65 bits per heavy atom. The van der Waals surface area contributed by atoms with E-state index in [4.69, 9.17) is 24.2 Å². The molecule has 0 N–H and O–H groups in total. The summed E-state index contributed by atoms with van der Waals surface area (Å²) in [5.74, 6) is 0.804. The number of aromatic nitrogens is 2. The van der Waals surface area contributed by atoms with Gasteiger partial charge < -0.3 is 19.1 Å². The van der Waals surface area contributed by atoms with Crippen molar-refractivity contribution in [3.8, 4) is 17.0 Å². The van der Waals surface area contributed by atoms with Crippen molar-refractivity contribution in [2.24, 2.45) is 0 Å². The van der Waals surface area contributed by atoms with Gasteiger partial charge in [-0.1, -0.05) is 6.07 Å². The van der Waals surface area contributed by atoms with Crippen molar-refractivity contribution in [3.05, 3.63) is 53.2 Å². The fraction of sp³-hybridized carbons (Fsp3) is 0.444. The number of morpholine rings is 1. The number of pyridine rings is 2. The number of rotatable bonds is 4. The Morgan fingerprint density at radius 2 is 1.91 bits per heavy atom. The van der Waals surface area contributed by atoms with Gasteiger partial charge in [-0.2, -0.15) is 0 Å². The Kier molecular flexibility index (Phi) is 6.75. The zero-order chi connectivity index (χ0) is 24.5. The summed E-state index contributed by atoms with van der Waals surface area (Å²) in [5, 5.41) is 0.969. The molecule has 1 amide bonds. The van der Waals surface area contributed by atoms with Gasteiger partial charge in [-0.15, -0.1) is 0 Å². The lowest BCUT2D eigenvalue weighted by Crippen LogP contribution is -2.48. The Hall–Kier alpha value is -3.19. The minimum Gasteiger partial charge on any atom is -0.496 e. The highest BCUT2D eigenvalue weighted by atomic mass is 16.6. The topological polar surface area (TPSA) is 73.8 Å². The minimum absolute atomic E-state index is 0.145. The van der Waals surface area contributed by atoms with E-state index in [9.17, 15) is 4.79 Å². The van der Waals surface area contributed by atoms with Gasteiger partial charge in [0.25, 0.3) is 0 Å². The van der Waals surface area contributed by atoms with Crippen molar-refractivity contribution >= 4 is 17.1 Å². The van der Waals surface area contributed by atoms with Crippen molar-refractivity contribution in [3.63, 3.8) is 0 Å². The van der Waals surface area contributed by atoms with Crippen molar-refractivity contribution < 1.29 is 19.0 Å². The first-order chi connectivity index (χ1) is 16.1. The molecule has 0 radical (unpaired) electrons. The monoisotopic (exact) mass is 463 g/mol. The van der Waals surface area contributed by atoms with Crippen LogP contribution in [0.4, 0.5) is 4.79 Å². The second-order valence-corrected chi connectivity index (χ2v) is 9.83. The van der Waals surface area contributed by atoms with Crippen LogP contribution in [0.1, 0.15) is 37.6 Å². The lowest BCUT2D eigenvalue weighted by molar-refractivity contribution is -0.0417. The number of ether oxygens (including phenoxy) is 3. The minimum atomic E-state index is -0.521. The quantitative estimate of drug-likeness (QED) is 0.536. The first-order valence-electron chi connectivity index (χ1n) is 11.6. The zero-order valence-corrected chi connectivity index (χ0v) is 20.8. The predicted octanol–water partition coefficient (Wildman–Crippen LogP) is 5.10. The van der Waals surface area contributed by atoms with Crippen molar-refractivity contribution in [2.45, 2.75) is 52.7 Å². The maximum absolute atomic E-state index is 12.5. The number of amides is 1. The summed E-state index contributed by atoms with van der Waals surface area (Å²) in [6.45, 7) is 11.2. The number of nitrogens with zero attached hydrogens (tertiary/aromatic N) is 3. The molecule has 0 spiro atoms. The smallest absolute Gasteiger partial charge is 0.410 e. The summed E-state index contributed by atoms with van der Waals surface area (Å²) in [5.41, 5.74) is 5.09. The van der Waals surface area contributed by atoms with Gasteiger partial charge in [-0.05, 0) is 76.1 Å². The van der Waals surface area contributed by atoms with Crippen LogP contribution in [0.2, 0.25) is 0 Å². The average Bonchev–Trinajstić information content (AvgIpc) is 2.77. The van der Waals surface area contributed by atoms with Crippen LogP contribution in [0.3, 0.4) is 0 Å². The summed E-state index contributed by atoms with van der Waals surface area (Å²) in [6, 6.07) is 12.2. The van der Waals surface area contributed by atoms with E-state index in [-0.39, 0.29) is 12.2 Å². The number of hydrogen-bond donors (Lipinski definition) is 0. The summed E-state index contributed by atoms with van der Waals surface area (Å²) in [6.07, 6.45) is 0.142. The molecule has 1 saturated heterocycles. The van der Waals surface area contributed by atoms with Crippen LogP contribution in [-0.2, 0) is 15.9 Å². The van der Waals surface area contributed by atoms with E-state index in [2.05, 4.69) is 19.9 Å². The zero-order valence-electron chi connectivity index (χ0n) is 20.8. The van der Waals surface area contributed by atoms with E-state index in [1.807, 2.05) is 51.1 Å². The molecule has 3 aromatic rings. The highest BCUT2D eigenvalue weighted by molar-refractivity contribution is 5.81. The lowest BCUT2D eigenvalue weighted by Gasteiger charge is -2.34. The number of hydrogen-bond acceptors (Lipinski definition) is 6. The Bertz CT molecular complexity index is 1200. The SMILES string of the molecule is COc1cc(C)cc(C)c1-c1ccc2ccc(CC3CN(C(=O)OC(C)(C)C)CCO3)nc2n1. The molecule has 3 heterocycles. The number of carbonyl (C=O) groups excluding carboxylic acids is 1. The molecule has 1 aliphatic heterocycles. The van der Waals surface area contributed by atoms with Gasteiger partial charge in [0.2, 0.25) is 0 Å². The second kappa shape index (κ2) is 9.58. The molecule has 180 valence electrons. The first-order valence-corrected chi connectivity index (χ1v) is 11.6. The Morgan fingerprint density at radius 1 is 1.15 bits per heavy atom.